The van der Waals surface area contributed by atoms with Crippen LogP contribution in [0.2, 0.25) is 0 Å². The van der Waals surface area contributed by atoms with Gasteiger partial charge < -0.3 is 24.8 Å². The van der Waals surface area contributed by atoms with Gasteiger partial charge >= 0.3 is 5.97 Å². The highest BCUT2D eigenvalue weighted by atomic mass is 16.5. The van der Waals surface area contributed by atoms with E-state index in [-0.39, 0.29) is 12.5 Å². The molecule has 1 heterocycles. The van der Waals surface area contributed by atoms with E-state index in [1.165, 1.54) is 6.08 Å². The topological polar surface area (TPSA) is 96.2 Å². The molecule has 0 saturated heterocycles. The Kier molecular flexibility index (Phi) is 14.2. The predicted molar refractivity (Wildman–Crippen MR) is 122 cm³/mol. The number of methoxy groups -OCH3 is 1. The Morgan fingerprint density at radius 1 is 0.968 bits per heavy atom. The largest absolute Gasteiger partial charge is 0.459 e. The minimum atomic E-state index is -0.671. The van der Waals surface area contributed by atoms with Crippen molar-refractivity contribution in [2.45, 2.75) is 69.5 Å². The highest BCUT2D eigenvalue weighted by Gasteiger charge is 2.15. The number of aliphatic hydroxyl groups is 3. The number of allylic oxidation sites excluding steroid dienone is 8. The summed E-state index contributed by atoms with van der Waals surface area (Å²) >= 11 is 0. The van der Waals surface area contributed by atoms with Crippen molar-refractivity contribution in [2.75, 3.05) is 7.11 Å². The average Bonchev–Trinajstić information content (AvgIpc) is 2.70. The van der Waals surface area contributed by atoms with Crippen molar-refractivity contribution < 1.29 is 29.6 Å². The Morgan fingerprint density at radius 3 is 2.29 bits per heavy atom. The monoisotopic (exact) mass is 432 g/mol. The molecule has 0 saturated carbocycles. The van der Waals surface area contributed by atoms with E-state index in [4.69, 9.17) is 9.47 Å². The summed E-state index contributed by atoms with van der Waals surface area (Å²) in [6.45, 7) is 1.66. The zero-order valence-corrected chi connectivity index (χ0v) is 18.4. The Bertz CT molecular complexity index is 671. The fourth-order valence-electron chi connectivity index (χ4n) is 3.01. The molecule has 1 aliphatic rings. The third kappa shape index (κ3) is 14.4. The summed E-state index contributed by atoms with van der Waals surface area (Å²) in [6, 6.07) is 0. The van der Waals surface area contributed by atoms with Gasteiger partial charge in [-0.3, -0.25) is 0 Å². The summed E-state index contributed by atoms with van der Waals surface area (Å²) in [4.78, 5) is 12.0. The standard InChI is InChI=1S/C25H36O6/c1-20(26)17-24-15-11-7-4-6-10-14-23(30-2)19-22(28)18-21(27)13-9-5-3-8-12-16-25(29)31-24/h3-12,14,16,20-24,26-28H,13,15,17-19H2,1-2H3/b6-4+,8-3+,9-5+,11-7+,14-10+,16-12+. The van der Waals surface area contributed by atoms with E-state index < -0.39 is 30.4 Å². The maximum Gasteiger partial charge on any atom is 0.331 e. The van der Waals surface area contributed by atoms with Gasteiger partial charge in [0.05, 0.1) is 24.4 Å². The Hall–Kier alpha value is -2.25. The number of carbonyl (C=O) groups is 1. The van der Waals surface area contributed by atoms with Crippen LogP contribution in [0.15, 0.2) is 72.9 Å². The molecule has 0 fully saturated rings. The van der Waals surface area contributed by atoms with Crippen LogP contribution < -0.4 is 0 Å². The molecule has 172 valence electrons. The molecule has 5 atom stereocenters. The highest BCUT2D eigenvalue weighted by molar-refractivity contribution is 5.82. The molecule has 31 heavy (non-hydrogen) atoms. The molecule has 0 aromatic heterocycles. The van der Waals surface area contributed by atoms with Crippen LogP contribution in [0, 0.1) is 0 Å². The molecule has 5 unspecified atom stereocenters. The number of aliphatic hydroxyl groups excluding tert-OH is 3. The smallest absolute Gasteiger partial charge is 0.331 e. The molecule has 0 aliphatic carbocycles. The normalized spacial score (nSPS) is 34.2. The van der Waals surface area contributed by atoms with Crippen molar-refractivity contribution in [1.29, 1.82) is 0 Å². The quantitative estimate of drug-likeness (QED) is 0.592. The average molecular weight is 433 g/mol. The van der Waals surface area contributed by atoms with E-state index in [0.717, 1.165) is 0 Å². The van der Waals surface area contributed by atoms with Gasteiger partial charge in [0.15, 0.2) is 0 Å². The number of cyclic esters (lactones) is 1. The SMILES string of the molecule is COC1/C=C/C=C/C=C/CC(CC(C)O)OC(=O)/C=C/C=C/C=C/CC(O)CC(O)C1. The molecule has 0 radical (unpaired) electrons. The maximum absolute atomic E-state index is 12.0. The van der Waals surface area contributed by atoms with Crippen LogP contribution in [0.25, 0.3) is 0 Å². The number of hydrogen-bond donors (Lipinski definition) is 3. The second kappa shape index (κ2) is 16.4. The van der Waals surface area contributed by atoms with E-state index >= 15 is 0 Å². The van der Waals surface area contributed by atoms with Gasteiger partial charge in [-0.25, -0.2) is 4.79 Å². The van der Waals surface area contributed by atoms with Crippen molar-refractivity contribution in [3.8, 4) is 0 Å². The molecule has 1 rings (SSSR count). The molecule has 0 amide bonds. The fraction of sp³-hybridized carbons (Fsp3) is 0.480. The van der Waals surface area contributed by atoms with Crippen LogP contribution in [0.5, 0.6) is 0 Å². The Morgan fingerprint density at radius 2 is 1.61 bits per heavy atom. The number of ether oxygens (including phenoxy) is 2. The maximum atomic E-state index is 12.0. The van der Waals surface area contributed by atoms with Crippen molar-refractivity contribution in [1.82, 2.24) is 0 Å². The minimum Gasteiger partial charge on any atom is -0.459 e. The lowest BCUT2D eigenvalue weighted by Gasteiger charge is -2.18. The Labute approximate surface area is 185 Å². The first-order valence-electron chi connectivity index (χ1n) is 10.7. The molecule has 1 aliphatic heterocycles. The zero-order chi connectivity index (χ0) is 22.9. The van der Waals surface area contributed by atoms with E-state index in [1.807, 2.05) is 36.5 Å². The summed E-state index contributed by atoms with van der Waals surface area (Å²) in [5, 5.41) is 29.9. The van der Waals surface area contributed by atoms with Crippen LogP contribution in [0.3, 0.4) is 0 Å². The van der Waals surface area contributed by atoms with Gasteiger partial charge in [0, 0.05) is 32.4 Å². The molecule has 0 aromatic carbocycles. The third-order valence-electron chi connectivity index (χ3n) is 4.54. The third-order valence-corrected chi connectivity index (χ3v) is 4.54. The van der Waals surface area contributed by atoms with Crippen LogP contribution in [0.4, 0.5) is 0 Å². The molecule has 0 bridgehead atoms. The first kappa shape index (κ1) is 26.8. The van der Waals surface area contributed by atoms with E-state index in [2.05, 4.69) is 0 Å². The molecular weight excluding hydrogens is 396 g/mol. The minimum absolute atomic E-state index is 0.256. The van der Waals surface area contributed by atoms with Gasteiger partial charge in [-0.2, -0.15) is 0 Å². The summed E-state index contributed by atoms with van der Waals surface area (Å²) in [7, 11) is 1.58. The van der Waals surface area contributed by atoms with Gasteiger partial charge in [-0.15, -0.1) is 0 Å². The van der Waals surface area contributed by atoms with E-state index in [1.54, 1.807) is 44.4 Å². The first-order chi connectivity index (χ1) is 14.9. The van der Waals surface area contributed by atoms with Crippen molar-refractivity contribution in [3.63, 3.8) is 0 Å². The van der Waals surface area contributed by atoms with Gasteiger partial charge in [-0.1, -0.05) is 66.8 Å². The van der Waals surface area contributed by atoms with Gasteiger partial charge in [0.25, 0.3) is 0 Å². The lowest BCUT2D eigenvalue weighted by Crippen LogP contribution is -2.22. The van der Waals surface area contributed by atoms with Crippen molar-refractivity contribution in [3.05, 3.63) is 72.9 Å². The van der Waals surface area contributed by atoms with Gasteiger partial charge in [0.1, 0.15) is 6.10 Å². The summed E-state index contributed by atoms with van der Waals surface area (Å²) < 4.78 is 10.8. The molecule has 3 N–H and O–H groups in total. The van der Waals surface area contributed by atoms with Crippen LogP contribution >= 0.6 is 0 Å². The van der Waals surface area contributed by atoms with Crippen LogP contribution in [-0.4, -0.2) is 58.9 Å². The first-order valence-corrected chi connectivity index (χ1v) is 10.7. The number of hydrogen-bond acceptors (Lipinski definition) is 6. The van der Waals surface area contributed by atoms with Crippen LogP contribution in [0.1, 0.15) is 39.0 Å². The molecule has 6 heteroatoms. The van der Waals surface area contributed by atoms with E-state index in [9.17, 15) is 20.1 Å². The number of rotatable bonds is 3. The second-order valence-electron chi connectivity index (χ2n) is 7.54. The number of esters is 1. The number of carbonyl (C=O) groups excluding carboxylic acids is 1. The van der Waals surface area contributed by atoms with E-state index in [0.29, 0.717) is 25.7 Å². The van der Waals surface area contributed by atoms with Crippen molar-refractivity contribution in [2.24, 2.45) is 0 Å². The molecule has 0 aromatic rings. The molecule has 0 spiro atoms. The molecular formula is C25H36O6. The second-order valence-corrected chi connectivity index (χ2v) is 7.54. The van der Waals surface area contributed by atoms with Crippen LogP contribution in [-0.2, 0) is 14.3 Å². The lowest BCUT2D eigenvalue weighted by atomic mass is 10.0. The zero-order valence-electron chi connectivity index (χ0n) is 18.4. The summed E-state index contributed by atoms with van der Waals surface area (Å²) in [5.41, 5.74) is 0. The van der Waals surface area contributed by atoms with Gasteiger partial charge in [-0.05, 0) is 19.8 Å². The Balaban J connectivity index is 2.87. The summed E-state index contributed by atoms with van der Waals surface area (Å²) in [5.74, 6) is -0.469. The summed E-state index contributed by atoms with van der Waals surface area (Å²) in [6.07, 6.45) is 20.3. The molecule has 6 nitrogen and oxygen atoms in total. The lowest BCUT2D eigenvalue weighted by molar-refractivity contribution is -0.144. The fourth-order valence-corrected chi connectivity index (χ4v) is 3.01. The predicted octanol–water partition coefficient (Wildman–Crippen LogP) is 3.32. The van der Waals surface area contributed by atoms with Gasteiger partial charge in [0.2, 0.25) is 0 Å². The van der Waals surface area contributed by atoms with Crippen molar-refractivity contribution >= 4 is 5.97 Å². The highest BCUT2D eigenvalue weighted by Crippen LogP contribution is 2.12.